The maximum Gasteiger partial charge on any atom is 1.00 e. The number of unbranched alkanes of at least 4 members (excludes halogenated alkanes) is 14. The van der Waals surface area contributed by atoms with Crippen LogP contribution < -0.4 is 59.1 Å². The van der Waals surface area contributed by atoms with E-state index in [1.54, 1.807) is 0 Å². The predicted molar refractivity (Wildman–Crippen MR) is 91.1 cm³/mol. The minimum atomic E-state index is -5.17. The summed E-state index contributed by atoms with van der Waals surface area (Å²) < 4.78 is 34.1. The van der Waals surface area contributed by atoms with Crippen molar-refractivity contribution in [3.8, 4) is 0 Å². The molecule has 0 heterocycles. The van der Waals surface area contributed by atoms with E-state index in [0.717, 1.165) is 0 Å². The van der Waals surface area contributed by atoms with Gasteiger partial charge in [0.2, 0.25) is 0 Å². The van der Waals surface area contributed by atoms with Gasteiger partial charge in [-0.05, 0) is 0 Å². The maximum absolute atomic E-state index is 8.52. The first kappa shape index (κ1) is 33.5. The first-order valence-corrected chi connectivity index (χ1v) is 10.4. The molecule has 0 aliphatic rings. The molecule has 0 aromatic heterocycles. The third-order valence-electron chi connectivity index (χ3n) is 3.71. The van der Waals surface area contributed by atoms with E-state index in [4.69, 9.17) is 17.5 Å². The van der Waals surface area contributed by atoms with Crippen molar-refractivity contribution in [1.29, 1.82) is 0 Å². The Morgan fingerprint density at radius 1 is 0.500 bits per heavy atom. The summed E-state index contributed by atoms with van der Waals surface area (Å²) in [5.41, 5.74) is 0. The average Bonchev–Trinajstić information content (AvgIpc) is 2.42. The minimum Gasteiger partial charge on any atom is -0.759 e. The van der Waals surface area contributed by atoms with Gasteiger partial charge in [0.1, 0.15) is 0 Å². The van der Waals surface area contributed by atoms with Crippen molar-refractivity contribution in [3.63, 3.8) is 0 Å². The fourth-order valence-electron chi connectivity index (χ4n) is 2.44. The van der Waals surface area contributed by atoms with Crippen LogP contribution in [-0.2, 0) is 10.4 Å². The monoisotopic (exact) mass is 382 g/mol. The van der Waals surface area contributed by atoms with Gasteiger partial charge in [0.05, 0.1) is 0 Å². The van der Waals surface area contributed by atoms with E-state index in [0.29, 0.717) is 0 Å². The molecule has 0 aromatic rings. The van der Waals surface area contributed by atoms with Crippen molar-refractivity contribution in [2.24, 2.45) is 0 Å². The van der Waals surface area contributed by atoms with Crippen LogP contribution in [0.25, 0.3) is 0 Å². The van der Waals surface area contributed by atoms with Crippen molar-refractivity contribution >= 4 is 10.4 Å². The van der Waals surface area contributed by atoms with Gasteiger partial charge in [-0.2, -0.15) is 0 Å². The molecule has 0 fully saturated rings. The van der Waals surface area contributed by atoms with Gasteiger partial charge in [-0.15, -0.1) is 0 Å². The number of hydrogen-bond donors (Lipinski definition) is 0. The molecule has 0 saturated heterocycles. The van der Waals surface area contributed by atoms with Crippen LogP contribution in [0.15, 0.2) is 0 Å². The van der Waals surface area contributed by atoms with Crippen molar-refractivity contribution < 1.29 is 76.6 Å². The summed E-state index contributed by atoms with van der Waals surface area (Å²) in [5, 5.41) is 0. The summed E-state index contributed by atoms with van der Waals surface area (Å²) in [6, 6.07) is 0. The zero-order chi connectivity index (χ0) is 17.1. The third-order valence-corrected chi connectivity index (χ3v) is 3.71. The molecule has 0 aliphatic carbocycles. The topological polar surface area (TPSA) is 80.3 Å². The van der Waals surface area contributed by atoms with E-state index in [-0.39, 0.29) is 59.1 Å². The molecule has 0 N–H and O–H groups in total. The van der Waals surface area contributed by atoms with Crippen LogP contribution in [0.5, 0.6) is 0 Å². The van der Waals surface area contributed by atoms with Crippen LogP contribution in [0.3, 0.4) is 0 Å². The molecule has 0 unspecified atom stereocenters. The molecule has 7 heteroatoms. The number of rotatable bonds is 14. The van der Waals surface area contributed by atoms with Gasteiger partial charge in [-0.3, -0.25) is 8.42 Å². The van der Waals surface area contributed by atoms with Crippen molar-refractivity contribution in [3.05, 3.63) is 0 Å². The fourth-order valence-corrected chi connectivity index (χ4v) is 2.44. The smallest absolute Gasteiger partial charge is 0.759 e. The van der Waals surface area contributed by atoms with Crippen LogP contribution in [-0.4, -0.2) is 17.5 Å². The molecular formula is C17H36Na2O4S. The molecule has 0 atom stereocenters. The molecule has 136 valence electrons. The largest absolute Gasteiger partial charge is 1.00 e. The van der Waals surface area contributed by atoms with Crippen LogP contribution in [0, 0.1) is 0 Å². The Balaban J connectivity index is -0.000000250. The van der Waals surface area contributed by atoms with Crippen molar-refractivity contribution in [2.75, 3.05) is 0 Å². The number of hydrogen-bond acceptors (Lipinski definition) is 4. The zero-order valence-electron chi connectivity index (χ0n) is 16.6. The van der Waals surface area contributed by atoms with E-state index >= 15 is 0 Å². The summed E-state index contributed by atoms with van der Waals surface area (Å²) in [5.74, 6) is 0. The van der Waals surface area contributed by atoms with Crippen molar-refractivity contribution in [2.45, 2.75) is 110 Å². The minimum absolute atomic E-state index is 0. The fraction of sp³-hybridized carbons (Fsp3) is 1.00. The Morgan fingerprint density at radius 2 is 0.625 bits per heavy atom. The summed E-state index contributed by atoms with van der Waals surface area (Å²) in [7, 11) is -5.17. The van der Waals surface area contributed by atoms with Gasteiger partial charge < -0.3 is 9.11 Å². The van der Waals surface area contributed by atoms with Gasteiger partial charge >= 0.3 is 59.1 Å². The summed E-state index contributed by atoms with van der Waals surface area (Å²) in [6.07, 6.45) is 21.9. The quantitative estimate of drug-likeness (QED) is 0.176. The Morgan fingerprint density at radius 3 is 0.750 bits per heavy atom. The standard InChI is InChI=1S/C17H36.2Na.H2O4S/c1-3-5-7-9-11-13-15-17-16-14-12-10-8-6-4-2;;;1-5(2,3)4/h3-17H2,1-2H3;;;(H2,1,2,3,4)/q;2*+1;/p-2. The van der Waals surface area contributed by atoms with Gasteiger partial charge in [0.25, 0.3) is 0 Å². The molecule has 0 radical (unpaired) electrons. The molecule has 24 heavy (non-hydrogen) atoms. The summed E-state index contributed by atoms with van der Waals surface area (Å²) in [6.45, 7) is 4.58. The summed E-state index contributed by atoms with van der Waals surface area (Å²) in [4.78, 5) is 0. The molecule has 0 bridgehead atoms. The Labute approximate surface area is 195 Å². The SMILES string of the molecule is CCCCCCCCCCCCCCCCC.O=S(=O)([O-])[O-].[Na+].[Na+]. The van der Waals surface area contributed by atoms with E-state index in [1.807, 2.05) is 0 Å². The van der Waals surface area contributed by atoms with E-state index in [9.17, 15) is 0 Å². The summed E-state index contributed by atoms with van der Waals surface area (Å²) >= 11 is 0. The second kappa shape index (κ2) is 27.1. The van der Waals surface area contributed by atoms with Crippen molar-refractivity contribution in [1.82, 2.24) is 0 Å². The Hall–Kier alpha value is 1.87. The zero-order valence-corrected chi connectivity index (χ0v) is 21.5. The van der Waals surface area contributed by atoms with E-state index in [1.165, 1.54) is 96.3 Å². The first-order chi connectivity index (χ1) is 10.4. The van der Waals surface area contributed by atoms with Gasteiger partial charge in [-0.1, -0.05) is 110 Å². The molecule has 0 spiro atoms. The molecule has 0 saturated carbocycles. The van der Waals surface area contributed by atoms with Crippen LogP contribution in [0.2, 0.25) is 0 Å². The van der Waals surface area contributed by atoms with Gasteiger partial charge in [-0.25, -0.2) is 0 Å². The molecule has 0 rings (SSSR count). The Bertz CT molecular complexity index is 277. The normalized spacial score (nSPS) is 10.2. The first-order valence-electron chi connectivity index (χ1n) is 9.08. The predicted octanol–water partition coefficient (Wildman–Crippen LogP) is -0.452. The Kier molecular flexibility index (Phi) is 37.8. The third kappa shape index (κ3) is 49.6. The average molecular weight is 383 g/mol. The van der Waals surface area contributed by atoms with Gasteiger partial charge in [0.15, 0.2) is 0 Å². The maximum atomic E-state index is 8.52. The molecule has 0 amide bonds. The van der Waals surface area contributed by atoms with Crippen LogP contribution in [0.4, 0.5) is 0 Å². The second-order valence-electron chi connectivity index (χ2n) is 6.00. The van der Waals surface area contributed by atoms with Gasteiger partial charge in [0, 0.05) is 10.4 Å². The van der Waals surface area contributed by atoms with E-state index < -0.39 is 10.4 Å². The molecular weight excluding hydrogens is 346 g/mol. The van der Waals surface area contributed by atoms with Crippen LogP contribution >= 0.6 is 0 Å². The van der Waals surface area contributed by atoms with Crippen LogP contribution in [0.1, 0.15) is 110 Å². The molecule has 0 aliphatic heterocycles. The van der Waals surface area contributed by atoms with E-state index in [2.05, 4.69) is 13.8 Å². The second-order valence-corrected chi connectivity index (χ2v) is 6.82. The molecule has 0 aromatic carbocycles. The molecule has 4 nitrogen and oxygen atoms in total.